The molecule has 2 aromatic heterocycles. The summed E-state index contributed by atoms with van der Waals surface area (Å²) in [6, 6.07) is 5.09. The smallest absolute Gasteiger partial charge is 0.328 e. The van der Waals surface area contributed by atoms with Crippen molar-refractivity contribution in [3.05, 3.63) is 52.3 Å². The lowest BCUT2D eigenvalue weighted by atomic mass is 10.2. The van der Waals surface area contributed by atoms with Crippen molar-refractivity contribution in [2.24, 2.45) is 0 Å². The topological polar surface area (TPSA) is 91.9 Å². The molecule has 0 aliphatic carbocycles. The first-order chi connectivity index (χ1) is 11.5. The number of esters is 1. The van der Waals surface area contributed by atoms with Gasteiger partial charge in [0.05, 0.1) is 13.7 Å². The Bertz CT molecular complexity index is 948. The van der Waals surface area contributed by atoms with Crippen LogP contribution in [0.1, 0.15) is 18.5 Å². The molecular weight excluding hydrogens is 317 g/mol. The molecule has 2 heterocycles. The summed E-state index contributed by atoms with van der Waals surface area (Å²) in [4.78, 5) is 28.2. The van der Waals surface area contributed by atoms with Crippen molar-refractivity contribution in [3.8, 4) is 0 Å². The van der Waals surface area contributed by atoms with Crippen LogP contribution in [0.25, 0.3) is 11.2 Å². The third kappa shape index (κ3) is 2.75. The molecule has 0 saturated carbocycles. The van der Waals surface area contributed by atoms with Gasteiger partial charge in [-0.25, -0.2) is 18.9 Å². The highest BCUT2D eigenvalue weighted by atomic mass is 19.1. The van der Waals surface area contributed by atoms with E-state index in [0.29, 0.717) is 6.54 Å². The Morgan fingerprint density at radius 2 is 2.04 bits per heavy atom. The van der Waals surface area contributed by atoms with Gasteiger partial charge in [-0.3, -0.25) is 9.36 Å². The number of ether oxygens (including phenoxy) is 1. The number of rotatable bonds is 4. The van der Waals surface area contributed by atoms with E-state index in [4.69, 9.17) is 0 Å². The van der Waals surface area contributed by atoms with Gasteiger partial charge in [-0.15, -0.1) is 5.10 Å². The molecule has 0 radical (unpaired) electrons. The first-order valence-electron chi connectivity index (χ1n) is 7.14. The molecule has 1 atom stereocenters. The molecule has 0 fully saturated rings. The molecule has 0 amide bonds. The fourth-order valence-electron chi connectivity index (χ4n) is 2.30. The maximum atomic E-state index is 13.0. The van der Waals surface area contributed by atoms with Crippen molar-refractivity contribution >= 4 is 17.1 Å². The van der Waals surface area contributed by atoms with Crippen LogP contribution in [0.15, 0.2) is 35.4 Å². The van der Waals surface area contributed by atoms with E-state index in [1.807, 2.05) is 0 Å². The maximum Gasteiger partial charge on any atom is 0.328 e. The van der Waals surface area contributed by atoms with Crippen LogP contribution >= 0.6 is 0 Å². The van der Waals surface area contributed by atoms with Crippen LogP contribution in [-0.4, -0.2) is 37.6 Å². The molecule has 0 aliphatic heterocycles. The van der Waals surface area contributed by atoms with E-state index < -0.39 is 17.6 Å². The molecule has 24 heavy (non-hydrogen) atoms. The van der Waals surface area contributed by atoms with Crippen LogP contribution in [0.5, 0.6) is 0 Å². The number of hydrogen-bond donors (Lipinski definition) is 0. The average molecular weight is 331 g/mol. The van der Waals surface area contributed by atoms with Gasteiger partial charge in [0.2, 0.25) is 0 Å². The summed E-state index contributed by atoms with van der Waals surface area (Å²) >= 11 is 0. The van der Waals surface area contributed by atoms with Crippen LogP contribution in [0.4, 0.5) is 4.39 Å². The Balaban J connectivity index is 1.99. The summed E-state index contributed by atoms with van der Waals surface area (Å²) in [5.74, 6) is -0.892. The van der Waals surface area contributed by atoms with E-state index in [0.717, 1.165) is 10.1 Å². The lowest BCUT2D eigenvalue weighted by Gasteiger charge is -2.11. The fourth-order valence-corrected chi connectivity index (χ4v) is 2.30. The number of fused-ring (bicyclic) bond motifs is 1. The Kier molecular flexibility index (Phi) is 4.07. The first-order valence-corrected chi connectivity index (χ1v) is 7.14. The van der Waals surface area contributed by atoms with Gasteiger partial charge in [0.1, 0.15) is 18.2 Å². The van der Waals surface area contributed by atoms with Gasteiger partial charge in [0.15, 0.2) is 11.2 Å². The predicted octanol–water partition coefficient (Wildman–Crippen LogP) is 0.909. The Labute approximate surface area is 135 Å². The second-order valence-electron chi connectivity index (χ2n) is 5.20. The average Bonchev–Trinajstić information content (AvgIpc) is 3.00. The monoisotopic (exact) mass is 331 g/mol. The molecule has 1 aromatic carbocycles. The number of carbonyl (C=O) groups excluding carboxylic acids is 1. The van der Waals surface area contributed by atoms with Gasteiger partial charge in [-0.2, -0.15) is 0 Å². The minimum atomic E-state index is -0.818. The van der Waals surface area contributed by atoms with Crippen LogP contribution in [0, 0.1) is 5.82 Å². The Morgan fingerprint density at radius 3 is 2.71 bits per heavy atom. The minimum Gasteiger partial charge on any atom is -0.467 e. The summed E-state index contributed by atoms with van der Waals surface area (Å²) in [5.41, 5.74) is 0.647. The predicted molar refractivity (Wildman–Crippen MR) is 81.8 cm³/mol. The number of halogens is 1. The van der Waals surface area contributed by atoms with E-state index >= 15 is 0 Å². The number of benzene rings is 1. The van der Waals surface area contributed by atoms with E-state index in [-0.39, 0.29) is 17.0 Å². The van der Waals surface area contributed by atoms with Gasteiger partial charge in [-0.1, -0.05) is 17.3 Å². The second kappa shape index (κ2) is 6.19. The lowest BCUT2D eigenvalue weighted by Crippen LogP contribution is -2.29. The summed E-state index contributed by atoms with van der Waals surface area (Å²) in [5, 5.41) is 7.77. The van der Waals surface area contributed by atoms with Gasteiger partial charge in [0, 0.05) is 0 Å². The van der Waals surface area contributed by atoms with Crippen LogP contribution in [0.3, 0.4) is 0 Å². The molecule has 8 nitrogen and oxygen atoms in total. The van der Waals surface area contributed by atoms with Crippen LogP contribution in [0.2, 0.25) is 0 Å². The summed E-state index contributed by atoms with van der Waals surface area (Å²) < 4.78 is 20.2. The number of nitrogens with zero attached hydrogens (tertiary/aromatic N) is 5. The molecule has 0 unspecified atom stereocenters. The second-order valence-corrected chi connectivity index (χ2v) is 5.20. The summed E-state index contributed by atoms with van der Waals surface area (Å²) in [6.07, 6.45) is 1.26. The zero-order valence-electron chi connectivity index (χ0n) is 13.0. The van der Waals surface area contributed by atoms with Crippen LogP contribution < -0.4 is 5.56 Å². The number of aromatic nitrogens is 5. The quantitative estimate of drug-likeness (QED) is 0.660. The molecular formula is C15H14FN5O3. The lowest BCUT2D eigenvalue weighted by molar-refractivity contribution is -0.144. The standard InChI is InChI=1S/C15H14FN5O3/c1-9(15(23)24-2)20-8-17-13-12(14(20)22)18-19-21(13)7-10-3-5-11(16)6-4-10/h3-6,8-9H,7H2,1-2H3/t9-/m0/s1. The van der Waals surface area contributed by atoms with Crippen molar-refractivity contribution in [1.82, 2.24) is 24.5 Å². The largest absolute Gasteiger partial charge is 0.467 e. The molecule has 3 rings (SSSR count). The molecule has 3 aromatic rings. The highest BCUT2D eigenvalue weighted by Gasteiger charge is 2.20. The number of methoxy groups -OCH3 is 1. The summed E-state index contributed by atoms with van der Waals surface area (Å²) in [7, 11) is 1.24. The molecule has 0 saturated heterocycles. The molecule has 0 aliphatic rings. The maximum absolute atomic E-state index is 13.0. The zero-order valence-corrected chi connectivity index (χ0v) is 13.0. The molecule has 0 spiro atoms. The third-order valence-electron chi connectivity index (χ3n) is 3.66. The molecule has 124 valence electrons. The Hall–Kier alpha value is -3.10. The van der Waals surface area contributed by atoms with Crippen molar-refractivity contribution in [2.75, 3.05) is 7.11 Å². The number of carbonyl (C=O) groups is 1. The van der Waals surface area contributed by atoms with Crippen molar-refractivity contribution in [3.63, 3.8) is 0 Å². The molecule has 9 heteroatoms. The summed E-state index contributed by atoms with van der Waals surface area (Å²) in [6.45, 7) is 1.82. The normalized spacial score (nSPS) is 12.3. The van der Waals surface area contributed by atoms with E-state index in [1.165, 1.54) is 37.2 Å². The SMILES string of the molecule is COC(=O)[C@H](C)n1cnc2c(nnn2Cc2ccc(F)cc2)c1=O. The van der Waals surface area contributed by atoms with Crippen molar-refractivity contribution in [1.29, 1.82) is 0 Å². The highest BCUT2D eigenvalue weighted by Crippen LogP contribution is 2.10. The zero-order chi connectivity index (χ0) is 17.3. The third-order valence-corrected chi connectivity index (χ3v) is 3.66. The fraction of sp³-hybridized carbons (Fsp3) is 0.267. The Morgan fingerprint density at radius 1 is 1.33 bits per heavy atom. The molecule has 0 N–H and O–H groups in total. The van der Waals surface area contributed by atoms with Gasteiger partial charge in [-0.05, 0) is 24.6 Å². The van der Waals surface area contributed by atoms with Crippen molar-refractivity contribution in [2.45, 2.75) is 19.5 Å². The van der Waals surface area contributed by atoms with E-state index in [9.17, 15) is 14.0 Å². The van der Waals surface area contributed by atoms with Gasteiger partial charge < -0.3 is 4.74 Å². The van der Waals surface area contributed by atoms with E-state index in [1.54, 1.807) is 12.1 Å². The first kappa shape index (κ1) is 15.8. The molecule has 0 bridgehead atoms. The van der Waals surface area contributed by atoms with Crippen LogP contribution in [-0.2, 0) is 16.1 Å². The highest BCUT2D eigenvalue weighted by molar-refractivity contribution is 5.74. The van der Waals surface area contributed by atoms with E-state index in [2.05, 4.69) is 20.0 Å². The van der Waals surface area contributed by atoms with Gasteiger partial charge >= 0.3 is 5.97 Å². The van der Waals surface area contributed by atoms with Gasteiger partial charge in [0.25, 0.3) is 5.56 Å². The van der Waals surface area contributed by atoms with Crippen molar-refractivity contribution < 1.29 is 13.9 Å². The minimum absolute atomic E-state index is 0.0513. The number of hydrogen-bond acceptors (Lipinski definition) is 6.